The maximum absolute atomic E-state index is 9.38. The van der Waals surface area contributed by atoms with Gasteiger partial charge in [-0.25, -0.2) is 4.78 Å². The van der Waals surface area contributed by atoms with Crippen molar-refractivity contribution < 1.29 is 8.96 Å². The van der Waals surface area contributed by atoms with E-state index in [1.54, 1.807) is 0 Å². The van der Waals surface area contributed by atoms with Crippen molar-refractivity contribution in [2.24, 2.45) is 0 Å². The highest BCUT2D eigenvalue weighted by Crippen LogP contribution is 1.38. The molecule has 0 aromatic heterocycles. The zero-order chi connectivity index (χ0) is 4.71. The minimum atomic E-state index is -0.250. The van der Waals surface area contributed by atoms with E-state index in [0.717, 1.165) is 0 Å². The highest BCUT2D eigenvalue weighted by atomic mass is 32.1. The Bertz CT molecular complexity index is 11.6. The standard InChI is InChI=1S/F2HN.HNS/c1-3-2;1-2/h3H;1H. The molecule has 0 unspecified atom stereocenters. The van der Waals surface area contributed by atoms with Crippen LogP contribution in [0.25, 0.3) is 0 Å². The van der Waals surface area contributed by atoms with Crippen LogP contribution in [0.2, 0.25) is 0 Å². The molecule has 0 radical (unpaired) electrons. The topological polar surface area (TPSA) is 35.9 Å². The Balaban J connectivity index is 0. The average molecular weight is 100 g/mol. The molecule has 0 aliphatic heterocycles. The fraction of sp³-hybridized carbons (Fsp3) is 0. The van der Waals surface area contributed by atoms with E-state index in [9.17, 15) is 8.96 Å². The fourth-order valence-corrected chi connectivity index (χ4v) is 0. The molecule has 32 valence electrons. The van der Waals surface area contributed by atoms with Gasteiger partial charge in [0, 0.05) is 18.2 Å². The maximum atomic E-state index is 9.38. The molecule has 5 heavy (non-hydrogen) atoms. The number of halogens is 2. The van der Waals surface area contributed by atoms with Crippen LogP contribution in [0.4, 0.5) is 8.96 Å². The minimum absolute atomic E-state index is 0.250. The summed E-state index contributed by atoms with van der Waals surface area (Å²) in [5.41, 5.74) is 0. The Hall–Kier alpha value is -0.160. The van der Waals surface area contributed by atoms with Gasteiger partial charge >= 0.3 is 0 Å². The average Bonchev–Trinajstić information content (AvgIpc) is 1.46. The summed E-state index contributed by atoms with van der Waals surface area (Å²) in [6, 6.07) is 0. The van der Waals surface area contributed by atoms with Gasteiger partial charge in [-0.1, -0.05) is 0 Å². The molecule has 0 saturated carbocycles. The van der Waals surface area contributed by atoms with Crippen molar-refractivity contribution in [2.75, 3.05) is 0 Å². The Morgan fingerprint density at radius 2 is 1.40 bits per heavy atom. The summed E-state index contributed by atoms with van der Waals surface area (Å²) >= 11 is 3.33. The summed E-state index contributed by atoms with van der Waals surface area (Å²) in [5, 5.41) is 0. The quantitative estimate of drug-likeness (QED) is 0.438. The first-order valence-electron chi connectivity index (χ1n) is 0.582. The molecule has 0 atom stereocenters. The van der Waals surface area contributed by atoms with Crippen molar-refractivity contribution in [1.29, 1.82) is 4.78 Å². The van der Waals surface area contributed by atoms with E-state index < -0.39 is 0 Å². The third-order valence-corrected chi connectivity index (χ3v) is 0. The first kappa shape index (κ1) is 8.85. The van der Waals surface area contributed by atoms with E-state index in [0.29, 0.717) is 0 Å². The first-order valence-corrected chi connectivity index (χ1v) is 0.990. The van der Waals surface area contributed by atoms with Gasteiger partial charge in [0.05, 0.1) is 0 Å². The van der Waals surface area contributed by atoms with E-state index in [1.165, 1.54) is 0 Å². The van der Waals surface area contributed by atoms with E-state index in [4.69, 9.17) is 4.78 Å². The van der Waals surface area contributed by atoms with E-state index >= 15 is 0 Å². The van der Waals surface area contributed by atoms with Crippen LogP contribution in [0.1, 0.15) is 0 Å². The molecule has 0 spiro atoms. The number of rotatable bonds is 0. The third-order valence-electron chi connectivity index (χ3n) is 0. The predicted molar refractivity (Wildman–Crippen MR) is 15.4 cm³/mol. The zero-order valence-electron chi connectivity index (χ0n) is 2.16. The molecular formula is H2F2N2S. The molecule has 0 aliphatic rings. The Labute approximate surface area is 33.0 Å². The van der Waals surface area contributed by atoms with Crippen molar-refractivity contribution >= 4 is 12.4 Å². The number of hydrogen-bond acceptors (Lipinski definition) is 3. The second kappa shape index (κ2) is 43.9. The SMILES string of the molecule is FNF.N=S. The van der Waals surface area contributed by atoms with Crippen LogP contribution in [0.15, 0.2) is 0 Å². The Morgan fingerprint density at radius 3 is 1.40 bits per heavy atom. The molecule has 2 nitrogen and oxygen atoms in total. The van der Waals surface area contributed by atoms with E-state index in [-0.39, 0.29) is 5.76 Å². The number of nitrogens with one attached hydrogen (secondary N) is 2. The first-order chi connectivity index (χ1) is 2.41. The van der Waals surface area contributed by atoms with Crippen molar-refractivity contribution in [3.8, 4) is 0 Å². The lowest BCUT2D eigenvalue weighted by atomic mass is 13.6. The lowest BCUT2D eigenvalue weighted by molar-refractivity contribution is 0.130. The molecule has 0 saturated heterocycles. The molecule has 0 fully saturated rings. The van der Waals surface area contributed by atoms with Crippen LogP contribution in [0.3, 0.4) is 0 Å². The van der Waals surface area contributed by atoms with E-state index in [2.05, 4.69) is 12.4 Å². The Morgan fingerprint density at radius 1 is 1.40 bits per heavy atom. The lowest BCUT2D eigenvalue weighted by Crippen LogP contribution is -1.67. The highest BCUT2D eigenvalue weighted by Gasteiger charge is 1.37. The maximum Gasteiger partial charge on any atom is 0.0324 e. The molecular weight excluding hydrogens is 98.1 g/mol. The Kier molecular flexibility index (Phi) is 77.7. The summed E-state index contributed by atoms with van der Waals surface area (Å²) in [5.74, 6) is -0.250. The molecule has 2 N–H and O–H groups in total. The van der Waals surface area contributed by atoms with Gasteiger partial charge in [0.2, 0.25) is 0 Å². The summed E-state index contributed by atoms with van der Waals surface area (Å²) in [6.07, 6.45) is 0. The summed E-state index contributed by atoms with van der Waals surface area (Å²) in [4.78, 5) is 0. The van der Waals surface area contributed by atoms with Gasteiger partial charge in [0.1, 0.15) is 0 Å². The van der Waals surface area contributed by atoms with Crippen LogP contribution < -0.4 is 5.76 Å². The van der Waals surface area contributed by atoms with Crippen LogP contribution in [0.5, 0.6) is 0 Å². The van der Waals surface area contributed by atoms with Crippen LogP contribution >= 0.6 is 0 Å². The molecule has 0 heterocycles. The molecule has 0 bridgehead atoms. The second-order valence-electron chi connectivity index (χ2n) is 0.0714. The normalized spacial score (nSPS) is 4.40. The molecule has 0 aromatic carbocycles. The van der Waals surface area contributed by atoms with Crippen molar-refractivity contribution in [1.82, 2.24) is 5.76 Å². The lowest BCUT2D eigenvalue weighted by Gasteiger charge is -1.46. The second-order valence-corrected chi connectivity index (χ2v) is 0.0714. The summed E-state index contributed by atoms with van der Waals surface area (Å²) in [6.45, 7) is 0. The van der Waals surface area contributed by atoms with Gasteiger partial charge in [0.25, 0.3) is 0 Å². The molecule has 0 amide bonds. The monoisotopic (exact) mass is 100.0 g/mol. The van der Waals surface area contributed by atoms with Crippen molar-refractivity contribution in [3.05, 3.63) is 0 Å². The summed E-state index contributed by atoms with van der Waals surface area (Å²) in [7, 11) is 0. The minimum Gasteiger partial charge on any atom is -0.235 e. The number of hydrogen-bond donors (Lipinski definition) is 2. The van der Waals surface area contributed by atoms with Gasteiger partial charge in [-0.05, 0) is 0 Å². The third kappa shape index (κ3) is 508. The van der Waals surface area contributed by atoms with Crippen LogP contribution in [0, 0.1) is 4.78 Å². The zero-order valence-corrected chi connectivity index (χ0v) is 2.98. The van der Waals surface area contributed by atoms with Gasteiger partial charge in [-0.3, -0.25) is 0 Å². The molecule has 0 aromatic rings. The predicted octanol–water partition coefficient (Wildman–Crippen LogP) is 0.641. The van der Waals surface area contributed by atoms with Crippen molar-refractivity contribution in [3.63, 3.8) is 0 Å². The molecule has 0 aliphatic carbocycles. The van der Waals surface area contributed by atoms with Gasteiger partial charge in [-0.2, -0.15) is 0 Å². The molecule has 5 heteroatoms. The smallest absolute Gasteiger partial charge is 0.0324 e. The largest absolute Gasteiger partial charge is 0.235 e. The van der Waals surface area contributed by atoms with Crippen molar-refractivity contribution in [2.45, 2.75) is 0 Å². The van der Waals surface area contributed by atoms with Gasteiger partial charge in [-0.15, -0.1) is 8.96 Å². The van der Waals surface area contributed by atoms with Crippen LogP contribution in [-0.4, -0.2) is 0 Å². The molecule has 0 rings (SSSR count). The van der Waals surface area contributed by atoms with Crippen LogP contribution in [-0.2, 0) is 12.4 Å². The van der Waals surface area contributed by atoms with E-state index in [1.807, 2.05) is 0 Å². The summed E-state index contributed by atoms with van der Waals surface area (Å²) < 4.78 is 24.1. The van der Waals surface area contributed by atoms with Gasteiger partial charge < -0.3 is 0 Å². The highest BCUT2D eigenvalue weighted by molar-refractivity contribution is 7.45. The van der Waals surface area contributed by atoms with Gasteiger partial charge in [0.15, 0.2) is 0 Å². The fourth-order valence-electron chi connectivity index (χ4n) is 0.